The Labute approximate surface area is 149 Å². The Hall–Kier alpha value is -2.87. The molecular weight excluding hydrogens is 339 g/mol. The molecular formula is C18H19FN4O3. The highest BCUT2D eigenvalue weighted by molar-refractivity contribution is 6.00. The fourth-order valence-electron chi connectivity index (χ4n) is 3.16. The summed E-state index contributed by atoms with van der Waals surface area (Å²) in [6, 6.07) is 5.70. The van der Waals surface area contributed by atoms with Gasteiger partial charge in [0.25, 0.3) is 5.91 Å². The first-order valence-electron chi connectivity index (χ1n) is 8.41. The summed E-state index contributed by atoms with van der Waals surface area (Å²) in [5.41, 5.74) is 1.21. The number of benzene rings is 1. The number of aromatic nitrogens is 3. The van der Waals surface area contributed by atoms with Crippen molar-refractivity contribution in [3.05, 3.63) is 54.2 Å². The number of fused-ring (bicyclic) bond motifs is 1. The van der Waals surface area contributed by atoms with Gasteiger partial charge < -0.3 is 19.4 Å². The summed E-state index contributed by atoms with van der Waals surface area (Å²) < 4.78 is 28.2. The van der Waals surface area contributed by atoms with Crippen molar-refractivity contribution in [3.8, 4) is 5.75 Å². The van der Waals surface area contributed by atoms with Gasteiger partial charge in [0.15, 0.2) is 0 Å². The van der Waals surface area contributed by atoms with Crippen molar-refractivity contribution in [3.63, 3.8) is 0 Å². The highest BCUT2D eigenvalue weighted by Gasteiger charge is 2.30. The lowest BCUT2D eigenvalue weighted by Gasteiger charge is -2.32. The SMILES string of the molecule is Cn1ccn2ncc(C(=O)N[C@@H]3CCOC[C@H]3Oc3cccc(F)c3)c12. The summed E-state index contributed by atoms with van der Waals surface area (Å²) in [6.45, 7) is 0.858. The van der Waals surface area contributed by atoms with Crippen LogP contribution in [-0.2, 0) is 11.8 Å². The Bertz CT molecular complexity index is 936. The molecule has 26 heavy (non-hydrogen) atoms. The van der Waals surface area contributed by atoms with Crippen molar-refractivity contribution in [2.24, 2.45) is 7.05 Å². The molecule has 1 amide bonds. The summed E-state index contributed by atoms with van der Waals surface area (Å²) >= 11 is 0. The molecule has 1 saturated heterocycles. The molecule has 4 rings (SSSR count). The Kier molecular flexibility index (Phi) is 4.34. The number of nitrogens with zero attached hydrogens (tertiary/aromatic N) is 3. The van der Waals surface area contributed by atoms with Gasteiger partial charge in [-0.3, -0.25) is 4.79 Å². The van der Waals surface area contributed by atoms with Gasteiger partial charge in [0, 0.05) is 32.1 Å². The molecule has 1 aliphatic heterocycles. The average molecular weight is 358 g/mol. The Morgan fingerprint density at radius 2 is 2.31 bits per heavy atom. The fourth-order valence-corrected chi connectivity index (χ4v) is 3.16. The van der Waals surface area contributed by atoms with Crippen molar-refractivity contribution in [1.82, 2.24) is 19.5 Å². The first kappa shape index (κ1) is 16.6. The van der Waals surface area contributed by atoms with Crippen LogP contribution in [0, 0.1) is 5.82 Å². The maximum atomic E-state index is 13.4. The number of carbonyl (C=O) groups excluding carboxylic acids is 1. The van der Waals surface area contributed by atoms with E-state index in [1.807, 2.05) is 17.8 Å². The summed E-state index contributed by atoms with van der Waals surface area (Å²) in [5.74, 6) is -0.178. The molecule has 7 nitrogen and oxygen atoms in total. The van der Waals surface area contributed by atoms with Gasteiger partial charge in [-0.25, -0.2) is 8.91 Å². The predicted molar refractivity (Wildman–Crippen MR) is 91.7 cm³/mol. The van der Waals surface area contributed by atoms with Crippen molar-refractivity contribution < 1.29 is 18.7 Å². The summed E-state index contributed by atoms with van der Waals surface area (Å²) in [6.07, 6.45) is 5.39. The summed E-state index contributed by atoms with van der Waals surface area (Å²) in [4.78, 5) is 12.8. The topological polar surface area (TPSA) is 69.8 Å². The Morgan fingerprint density at radius 1 is 1.42 bits per heavy atom. The van der Waals surface area contributed by atoms with Crippen LogP contribution in [0.25, 0.3) is 5.65 Å². The summed E-state index contributed by atoms with van der Waals surface area (Å²) in [7, 11) is 1.86. The molecule has 0 radical (unpaired) electrons. The van der Waals surface area contributed by atoms with E-state index < -0.39 is 6.10 Å². The second-order valence-electron chi connectivity index (χ2n) is 6.29. The van der Waals surface area contributed by atoms with E-state index in [0.717, 1.165) is 5.65 Å². The molecule has 0 bridgehead atoms. The van der Waals surface area contributed by atoms with Gasteiger partial charge in [-0.15, -0.1) is 0 Å². The van der Waals surface area contributed by atoms with Crippen LogP contribution in [0.3, 0.4) is 0 Å². The van der Waals surface area contributed by atoms with Crippen molar-refractivity contribution in [2.75, 3.05) is 13.2 Å². The molecule has 0 spiro atoms. The van der Waals surface area contributed by atoms with Crippen LogP contribution in [0.4, 0.5) is 4.39 Å². The molecule has 3 heterocycles. The van der Waals surface area contributed by atoms with Gasteiger partial charge >= 0.3 is 0 Å². The van der Waals surface area contributed by atoms with Crippen LogP contribution in [0.2, 0.25) is 0 Å². The number of imidazole rings is 1. The smallest absolute Gasteiger partial charge is 0.257 e. The van der Waals surface area contributed by atoms with E-state index in [0.29, 0.717) is 30.9 Å². The minimum absolute atomic E-state index is 0.221. The number of amides is 1. The number of hydrogen-bond donors (Lipinski definition) is 1. The molecule has 1 fully saturated rings. The maximum absolute atomic E-state index is 13.4. The minimum atomic E-state index is -0.394. The van der Waals surface area contributed by atoms with Crippen LogP contribution in [-0.4, -0.2) is 45.4 Å². The standard InChI is InChI=1S/C18H19FN4O3/c1-22-6-7-23-18(22)14(10-20-23)17(24)21-15-5-8-25-11-16(15)26-13-4-2-3-12(19)9-13/h2-4,6-7,9-10,15-16H,5,8,11H2,1H3,(H,21,24)/t15-,16-/m1/s1. The van der Waals surface area contributed by atoms with E-state index in [1.165, 1.54) is 12.1 Å². The van der Waals surface area contributed by atoms with E-state index in [2.05, 4.69) is 10.4 Å². The fraction of sp³-hybridized carbons (Fsp3) is 0.333. The first-order valence-corrected chi connectivity index (χ1v) is 8.41. The molecule has 8 heteroatoms. The number of nitrogens with one attached hydrogen (secondary N) is 1. The third-order valence-corrected chi connectivity index (χ3v) is 4.48. The molecule has 2 atom stereocenters. The minimum Gasteiger partial charge on any atom is -0.486 e. The third kappa shape index (κ3) is 3.15. The van der Waals surface area contributed by atoms with E-state index >= 15 is 0 Å². The molecule has 1 aliphatic rings. The van der Waals surface area contributed by atoms with E-state index in [-0.39, 0.29) is 17.8 Å². The van der Waals surface area contributed by atoms with Crippen LogP contribution < -0.4 is 10.1 Å². The summed E-state index contributed by atoms with van der Waals surface area (Å²) in [5, 5.41) is 7.20. The van der Waals surface area contributed by atoms with Gasteiger partial charge in [0.1, 0.15) is 28.9 Å². The van der Waals surface area contributed by atoms with Gasteiger partial charge in [0.05, 0.1) is 18.8 Å². The number of halogens is 1. The molecule has 0 aliphatic carbocycles. The van der Waals surface area contributed by atoms with Gasteiger partial charge in [-0.2, -0.15) is 5.10 Å². The second-order valence-corrected chi connectivity index (χ2v) is 6.29. The van der Waals surface area contributed by atoms with Gasteiger partial charge in [0.2, 0.25) is 0 Å². The first-order chi connectivity index (χ1) is 12.6. The third-order valence-electron chi connectivity index (χ3n) is 4.48. The highest BCUT2D eigenvalue weighted by atomic mass is 19.1. The molecule has 0 unspecified atom stereocenters. The number of rotatable bonds is 4. The quantitative estimate of drug-likeness (QED) is 0.772. The lowest BCUT2D eigenvalue weighted by Crippen LogP contribution is -2.51. The van der Waals surface area contributed by atoms with Crippen LogP contribution in [0.15, 0.2) is 42.9 Å². The monoisotopic (exact) mass is 358 g/mol. The van der Waals surface area contributed by atoms with Crippen LogP contribution >= 0.6 is 0 Å². The largest absolute Gasteiger partial charge is 0.486 e. The molecule has 1 N–H and O–H groups in total. The zero-order chi connectivity index (χ0) is 18.1. The van der Waals surface area contributed by atoms with Crippen molar-refractivity contribution in [1.29, 1.82) is 0 Å². The normalized spacial score (nSPS) is 20.2. The van der Waals surface area contributed by atoms with Crippen molar-refractivity contribution >= 4 is 11.6 Å². The van der Waals surface area contributed by atoms with Gasteiger partial charge in [-0.05, 0) is 18.6 Å². The lowest BCUT2D eigenvalue weighted by atomic mass is 10.1. The number of carbonyl (C=O) groups is 1. The number of aryl methyl sites for hydroxylation is 1. The molecule has 1 aromatic carbocycles. The zero-order valence-corrected chi connectivity index (χ0v) is 14.3. The molecule has 2 aromatic heterocycles. The number of hydrogen-bond acceptors (Lipinski definition) is 4. The van der Waals surface area contributed by atoms with Crippen molar-refractivity contribution in [2.45, 2.75) is 18.6 Å². The average Bonchev–Trinajstić information content (AvgIpc) is 3.20. The van der Waals surface area contributed by atoms with Crippen LogP contribution in [0.1, 0.15) is 16.8 Å². The van der Waals surface area contributed by atoms with Gasteiger partial charge in [-0.1, -0.05) is 6.07 Å². The highest BCUT2D eigenvalue weighted by Crippen LogP contribution is 2.19. The van der Waals surface area contributed by atoms with E-state index in [4.69, 9.17) is 9.47 Å². The molecule has 3 aromatic rings. The van der Waals surface area contributed by atoms with E-state index in [1.54, 1.807) is 29.0 Å². The lowest BCUT2D eigenvalue weighted by molar-refractivity contribution is -0.0136. The van der Waals surface area contributed by atoms with Crippen LogP contribution in [0.5, 0.6) is 5.75 Å². The van der Waals surface area contributed by atoms with E-state index in [9.17, 15) is 9.18 Å². The maximum Gasteiger partial charge on any atom is 0.257 e. The Morgan fingerprint density at radius 3 is 3.15 bits per heavy atom. The molecule has 0 saturated carbocycles. The zero-order valence-electron chi connectivity index (χ0n) is 14.3. The Balaban J connectivity index is 1.51. The second kappa shape index (κ2) is 6.80. The molecule has 136 valence electrons. The predicted octanol–water partition coefficient (Wildman–Crippen LogP) is 1.78. The number of ether oxygens (including phenoxy) is 2.